The van der Waals surface area contributed by atoms with Crippen molar-refractivity contribution in [3.8, 4) is 22.9 Å². The van der Waals surface area contributed by atoms with Crippen molar-refractivity contribution in [1.29, 1.82) is 0 Å². The number of H-pyrrole nitrogens is 1. The molecule has 7 nitrogen and oxygen atoms in total. The molecule has 2 aromatic carbocycles. The van der Waals surface area contributed by atoms with Crippen LogP contribution in [0, 0.1) is 0 Å². The van der Waals surface area contributed by atoms with Crippen molar-refractivity contribution in [3.63, 3.8) is 0 Å². The molecule has 0 saturated heterocycles. The van der Waals surface area contributed by atoms with Crippen molar-refractivity contribution in [3.05, 3.63) is 53.6 Å². The number of ether oxygens (including phenoxy) is 2. The van der Waals surface area contributed by atoms with E-state index in [2.05, 4.69) is 20.5 Å². The average Bonchev–Trinajstić information content (AvgIpc) is 3.12. The van der Waals surface area contributed by atoms with Gasteiger partial charge in [-0.25, -0.2) is 0 Å². The van der Waals surface area contributed by atoms with Gasteiger partial charge >= 0.3 is 0 Å². The van der Waals surface area contributed by atoms with E-state index >= 15 is 0 Å². The van der Waals surface area contributed by atoms with Crippen molar-refractivity contribution in [2.45, 2.75) is 19.4 Å². The smallest absolute Gasteiger partial charge is 0.270 e. The first kappa shape index (κ1) is 18.7. The molecule has 1 amide bonds. The van der Waals surface area contributed by atoms with E-state index in [1.807, 2.05) is 24.3 Å². The summed E-state index contributed by atoms with van der Waals surface area (Å²) in [4.78, 5) is 16.9. The zero-order chi connectivity index (χ0) is 19.4. The lowest BCUT2D eigenvalue weighted by atomic mass is 10.1. The minimum absolute atomic E-state index is 0.165. The molecule has 0 aliphatic rings. The number of carbonyl (C=O) groups excluding carboxylic acids is 1. The normalized spacial score (nSPS) is 11.1. The molecule has 0 spiro atoms. The number of nitrogens with one attached hydrogen (secondary N) is 2. The third kappa shape index (κ3) is 4.57. The van der Waals surface area contributed by atoms with Crippen molar-refractivity contribution in [1.82, 2.24) is 15.2 Å². The molecule has 0 saturated carbocycles. The van der Waals surface area contributed by atoms with Crippen LogP contribution in [-0.4, -0.2) is 33.8 Å². The third-order valence-corrected chi connectivity index (χ3v) is 4.06. The van der Waals surface area contributed by atoms with E-state index in [4.69, 9.17) is 21.1 Å². The van der Waals surface area contributed by atoms with Crippen LogP contribution in [0.15, 0.2) is 48.5 Å². The van der Waals surface area contributed by atoms with Crippen LogP contribution in [0.2, 0.25) is 5.02 Å². The van der Waals surface area contributed by atoms with Gasteiger partial charge in [0.2, 0.25) is 5.95 Å². The number of aromatic amines is 1. The second-order valence-electron chi connectivity index (χ2n) is 6.26. The molecule has 3 aromatic rings. The SMILES string of the molecule is COc1ccc(-c2nc(NC(=O)C(C)(C)Oc3ccc(Cl)cc3)n[nH]2)cc1. The molecule has 0 unspecified atom stereocenters. The van der Waals surface area contributed by atoms with Gasteiger partial charge in [0.25, 0.3) is 5.91 Å². The third-order valence-electron chi connectivity index (χ3n) is 3.81. The van der Waals surface area contributed by atoms with Crippen LogP contribution in [0.4, 0.5) is 5.95 Å². The van der Waals surface area contributed by atoms with Crippen molar-refractivity contribution >= 4 is 23.5 Å². The first-order valence-corrected chi connectivity index (χ1v) is 8.58. The van der Waals surface area contributed by atoms with Crippen LogP contribution < -0.4 is 14.8 Å². The molecule has 0 fully saturated rings. The highest BCUT2D eigenvalue weighted by Crippen LogP contribution is 2.23. The second-order valence-corrected chi connectivity index (χ2v) is 6.69. The first-order valence-electron chi connectivity index (χ1n) is 8.20. The van der Waals surface area contributed by atoms with Crippen LogP contribution >= 0.6 is 11.6 Å². The van der Waals surface area contributed by atoms with Crippen molar-refractivity contribution < 1.29 is 14.3 Å². The van der Waals surface area contributed by atoms with Crippen LogP contribution in [0.25, 0.3) is 11.4 Å². The minimum Gasteiger partial charge on any atom is -0.497 e. The van der Waals surface area contributed by atoms with Gasteiger partial charge in [-0.3, -0.25) is 15.2 Å². The highest BCUT2D eigenvalue weighted by molar-refractivity contribution is 6.30. The molecule has 0 radical (unpaired) electrons. The summed E-state index contributed by atoms with van der Waals surface area (Å²) in [6.07, 6.45) is 0. The van der Waals surface area contributed by atoms with Gasteiger partial charge in [-0.15, -0.1) is 5.10 Å². The molecule has 0 aliphatic carbocycles. The maximum Gasteiger partial charge on any atom is 0.270 e. The lowest BCUT2D eigenvalue weighted by Crippen LogP contribution is -2.42. The van der Waals surface area contributed by atoms with Gasteiger partial charge in [-0.05, 0) is 62.4 Å². The number of carbonyl (C=O) groups is 1. The van der Waals surface area contributed by atoms with E-state index in [1.165, 1.54) is 0 Å². The molecular weight excluding hydrogens is 368 g/mol. The number of anilines is 1. The van der Waals surface area contributed by atoms with Crippen LogP contribution in [0.5, 0.6) is 11.5 Å². The highest BCUT2D eigenvalue weighted by atomic mass is 35.5. The fourth-order valence-corrected chi connectivity index (χ4v) is 2.42. The van der Waals surface area contributed by atoms with Gasteiger partial charge < -0.3 is 9.47 Å². The van der Waals surface area contributed by atoms with E-state index in [0.717, 1.165) is 11.3 Å². The molecule has 2 N–H and O–H groups in total. The highest BCUT2D eigenvalue weighted by Gasteiger charge is 2.31. The molecular formula is C19H19ClN4O3. The Hall–Kier alpha value is -3.06. The van der Waals surface area contributed by atoms with Gasteiger partial charge in [-0.2, -0.15) is 4.98 Å². The topological polar surface area (TPSA) is 89.1 Å². The summed E-state index contributed by atoms with van der Waals surface area (Å²) >= 11 is 5.86. The predicted octanol–water partition coefficient (Wildman–Crippen LogP) is 3.93. The quantitative estimate of drug-likeness (QED) is 0.670. The Morgan fingerprint density at radius 2 is 1.70 bits per heavy atom. The van der Waals surface area contributed by atoms with Gasteiger partial charge in [-0.1, -0.05) is 11.6 Å². The minimum atomic E-state index is -1.13. The molecule has 0 atom stereocenters. The summed E-state index contributed by atoms with van der Waals surface area (Å²) in [6, 6.07) is 14.1. The van der Waals surface area contributed by atoms with Crippen LogP contribution in [0.3, 0.4) is 0 Å². The van der Waals surface area contributed by atoms with Crippen LogP contribution in [-0.2, 0) is 4.79 Å². The number of amides is 1. The summed E-state index contributed by atoms with van der Waals surface area (Å²) in [5.41, 5.74) is -0.310. The standard InChI is InChI=1S/C19H19ClN4O3/c1-19(2,27-15-10-6-13(20)7-11-15)17(25)22-18-21-16(23-24-18)12-4-8-14(26-3)9-5-12/h4-11H,1-3H3,(H2,21,22,23,24,25). The number of hydrogen-bond acceptors (Lipinski definition) is 5. The monoisotopic (exact) mass is 386 g/mol. The Labute approximate surface area is 161 Å². The summed E-state index contributed by atoms with van der Waals surface area (Å²) in [5, 5.41) is 10.1. The molecule has 3 rings (SSSR count). The van der Waals surface area contributed by atoms with Crippen molar-refractivity contribution in [2.24, 2.45) is 0 Å². The van der Waals surface area contributed by atoms with E-state index in [0.29, 0.717) is 16.6 Å². The summed E-state index contributed by atoms with van der Waals surface area (Å²) in [5.74, 6) is 1.60. The maximum atomic E-state index is 12.6. The van der Waals surface area contributed by atoms with Gasteiger partial charge in [0.15, 0.2) is 11.4 Å². The lowest BCUT2D eigenvalue weighted by molar-refractivity contribution is -0.128. The Balaban J connectivity index is 1.68. The number of aromatic nitrogens is 3. The molecule has 0 aliphatic heterocycles. The number of methoxy groups -OCH3 is 1. The lowest BCUT2D eigenvalue weighted by Gasteiger charge is -2.24. The molecule has 1 heterocycles. The van der Waals surface area contributed by atoms with E-state index in [9.17, 15) is 4.79 Å². The number of nitrogens with zero attached hydrogens (tertiary/aromatic N) is 2. The fraction of sp³-hybridized carbons (Fsp3) is 0.211. The largest absolute Gasteiger partial charge is 0.497 e. The van der Waals surface area contributed by atoms with Gasteiger partial charge in [0.05, 0.1) is 7.11 Å². The Morgan fingerprint density at radius 3 is 2.33 bits per heavy atom. The predicted molar refractivity (Wildman–Crippen MR) is 103 cm³/mol. The summed E-state index contributed by atoms with van der Waals surface area (Å²) in [6.45, 7) is 3.32. The number of halogens is 1. The summed E-state index contributed by atoms with van der Waals surface area (Å²) in [7, 11) is 1.60. The van der Waals surface area contributed by atoms with E-state index in [1.54, 1.807) is 45.2 Å². The fourth-order valence-electron chi connectivity index (χ4n) is 2.29. The zero-order valence-electron chi connectivity index (χ0n) is 15.1. The molecule has 140 valence electrons. The van der Waals surface area contributed by atoms with Gasteiger partial charge in [0, 0.05) is 10.6 Å². The molecule has 27 heavy (non-hydrogen) atoms. The van der Waals surface area contributed by atoms with Gasteiger partial charge in [0.1, 0.15) is 11.5 Å². The Kier molecular flexibility index (Phi) is 5.32. The Morgan fingerprint density at radius 1 is 1.07 bits per heavy atom. The number of benzene rings is 2. The Bertz CT molecular complexity index is 921. The second kappa shape index (κ2) is 7.67. The first-order chi connectivity index (χ1) is 12.9. The molecule has 0 bridgehead atoms. The maximum absolute atomic E-state index is 12.6. The number of hydrogen-bond donors (Lipinski definition) is 2. The number of rotatable bonds is 6. The van der Waals surface area contributed by atoms with E-state index in [-0.39, 0.29) is 11.9 Å². The van der Waals surface area contributed by atoms with Crippen molar-refractivity contribution in [2.75, 3.05) is 12.4 Å². The zero-order valence-corrected chi connectivity index (χ0v) is 15.9. The summed E-state index contributed by atoms with van der Waals surface area (Å²) < 4.78 is 10.9. The average molecular weight is 387 g/mol. The molecule has 1 aromatic heterocycles. The van der Waals surface area contributed by atoms with E-state index < -0.39 is 5.60 Å². The molecule has 8 heteroatoms. The van der Waals surface area contributed by atoms with Crippen LogP contribution in [0.1, 0.15) is 13.8 Å².